The number of aromatic nitrogens is 1. The number of hydrogen-bond donors (Lipinski definition) is 1. The molecule has 0 saturated carbocycles. The van der Waals surface area contributed by atoms with Crippen molar-refractivity contribution in [1.29, 1.82) is 0 Å². The molecule has 7 nitrogen and oxygen atoms in total. The van der Waals surface area contributed by atoms with E-state index in [1.54, 1.807) is 38.1 Å². The maximum Gasteiger partial charge on any atom is 0.311 e. The van der Waals surface area contributed by atoms with Crippen molar-refractivity contribution in [2.45, 2.75) is 54.1 Å². The third-order valence-electron chi connectivity index (χ3n) is 4.29. The summed E-state index contributed by atoms with van der Waals surface area (Å²) in [6.07, 6.45) is -0.931. The van der Waals surface area contributed by atoms with Gasteiger partial charge in [-0.2, -0.15) is 0 Å². The van der Waals surface area contributed by atoms with E-state index in [1.807, 2.05) is 20.8 Å². The predicted octanol–water partition coefficient (Wildman–Crippen LogP) is 3.63. The van der Waals surface area contributed by atoms with Crippen LogP contribution in [-0.4, -0.2) is 28.9 Å². The second-order valence-electron chi connectivity index (χ2n) is 7.76. The van der Waals surface area contributed by atoms with Crippen LogP contribution in [-0.2, 0) is 20.7 Å². The number of rotatable bonds is 6. The van der Waals surface area contributed by atoms with Gasteiger partial charge in [0, 0.05) is 22.2 Å². The van der Waals surface area contributed by atoms with Gasteiger partial charge in [-0.05, 0) is 45.0 Å². The molecule has 1 N–H and O–H groups in total. The Hall–Kier alpha value is -2.96. The molecule has 1 aromatic heterocycles. The summed E-state index contributed by atoms with van der Waals surface area (Å²) in [4.78, 5) is 36.7. The van der Waals surface area contributed by atoms with Crippen LogP contribution in [0.3, 0.4) is 0 Å². The SMILES string of the molecule is Cc1noc(C)c1CC(=O)OC(C)C(=O)c1ccc(NC(=O)C(C)(C)C)cc1. The zero-order valence-electron chi connectivity index (χ0n) is 17.1. The molecule has 7 heteroatoms. The lowest BCUT2D eigenvalue weighted by atomic mass is 9.95. The second-order valence-corrected chi connectivity index (χ2v) is 7.76. The third kappa shape index (κ3) is 5.28. The zero-order valence-corrected chi connectivity index (χ0v) is 17.1. The van der Waals surface area contributed by atoms with Crippen molar-refractivity contribution in [3.8, 4) is 0 Å². The Morgan fingerprint density at radius 3 is 2.25 bits per heavy atom. The first-order valence-corrected chi connectivity index (χ1v) is 9.06. The summed E-state index contributed by atoms with van der Waals surface area (Å²) >= 11 is 0. The number of ketones is 1. The van der Waals surface area contributed by atoms with Crippen molar-refractivity contribution < 1.29 is 23.6 Å². The minimum atomic E-state index is -0.928. The van der Waals surface area contributed by atoms with Gasteiger partial charge >= 0.3 is 5.97 Å². The molecule has 0 radical (unpaired) electrons. The lowest BCUT2D eigenvalue weighted by Gasteiger charge is -2.18. The molecule has 1 heterocycles. The first kappa shape index (κ1) is 21.3. The second kappa shape index (κ2) is 8.37. The Balaban J connectivity index is 1.97. The van der Waals surface area contributed by atoms with Crippen LogP contribution >= 0.6 is 0 Å². The largest absolute Gasteiger partial charge is 0.454 e. The molecule has 0 spiro atoms. The van der Waals surface area contributed by atoms with Gasteiger partial charge in [0.25, 0.3) is 0 Å². The van der Waals surface area contributed by atoms with Gasteiger partial charge in [-0.3, -0.25) is 14.4 Å². The van der Waals surface area contributed by atoms with E-state index < -0.39 is 17.5 Å². The standard InChI is InChI=1S/C21H26N2O5/c1-12-17(13(2)28-23-12)11-18(24)27-14(3)19(25)15-7-9-16(10-8-15)22-20(26)21(4,5)6/h7-10,14H,11H2,1-6H3,(H,22,26). The Morgan fingerprint density at radius 1 is 1.14 bits per heavy atom. The summed E-state index contributed by atoms with van der Waals surface area (Å²) in [5.41, 5.74) is 1.77. The topological polar surface area (TPSA) is 98.5 Å². The van der Waals surface area contributed by atoms with Crippen LogP contribution in [0.15, 0.2) is 28.8 Å². The summed E-state index contributed by atoms with van der Waals surface area (Å²) in [7, 11) is 0. The van der Waals surface area contributed by atoms with E-state index in [9.17, 15) is 14.4 Å². The van der Waals surface area contributed by atoms with Gasteiger partial charge in [0.1, 0.15) is 5.76 Å². The maximum atomic E-state index is 12.5. The number of Topliss-reactive ketones (excluding diaryl/α,β-unsaturated/α-hetero) is 1. The van der Waals surface area contributed by atoms with Gasteiger partial charge < -0.3 is 14.6 Å². The highest BCUT2D eigenvalue weighted by Gasteiger charge is 2.23. The fourth-order valence-electron chi connectivity index (χ4n) is 2.46. The monoisotopic (exact) mass is 386 g/mol. The highest BCUT2D eigenvalue weighted by molar-refractivity contribution is 6.01. The molecule has 2 rings (SSSR count). The molecule has 28 heavy (non-hydrogen) atoms. The number of nitrogens with zero attached hydrogens (tertiary/aromatic N) is 1. The number of amides is 1. The Kier molecular flexibility index (Phi) is 6.38. The number of benzene rings is 1. The first-order chi connectivity index (χ1) is 13.0. The van der Waals surface area contributed by atoms with Crippen molar-refractivity contribution >= 4 is 23.3 Å². The van der Waals surface area contributed by atoms with E-state index >= 15 is 0 Å². The lowest BCUT2D eigenvalue weighted by Crippen LogP contribution is -2.27. The van der Waals surface area contributed by atoms with Gasteiger partial charge in [0.2, 0.25) is 11.7 Å². The minimum Gasteiger partial charge on any atom is -0.454 e. The number of aryl methyl sites for hydroxylation is 2. The van der Waals surface area contributed by atoms with Crippen LogP contribution in [0.25, 0.3) is 0 Å². The van der Waals surface area contributed by atoms with E-state index in [0.717, 1.165) is 0 Å². The molecule has 1 atom stereocenters. The predicted molar refractivity (Wildman–Crippen MR) is 104 cm³/mol. The minimum absolute atomic E-state index is 0.00341. The van der Waals surface area contributed by atoms with E-state index in [-0.39, 0.29) is 18.1 Å². The molecule has 2 aromatic rings. The molecule has 1 amide bonds. The number of anilines is 1. The van der Waals surface area contributed by atoms with Gasteiger partial charge in [-0.1, -0.05) is 25.9 Å². The van der Waals surface area contributed by atoms with E-state index in [4.69, 9.17) is 9.26 Å². The lowest BCUT2D eigenvalue weighted by molar-refractivity contribution is -0.145. The Labute approximate surface area is 164 Å². The van der Waals surface area contributed by atoms with Crippen molar-refractivity contribution in [3.05, 3.63) is 46.8 Å². The molecule has 0 aliphatic carbocycles. The van der Waals surface area contributed by atoms with Crippen LogP contribution in [0.2, 0.25) is 0 Å². The molecule has 0 bridgehead atoms. The van der Waals surface area contributed by atoms with Crippen LogP contribution in [0.5, 0.6) is 0 Å². The normalized spacial score (nSPS) is 12.4. The smallest absolute Gasteiger partial charge is 0.311 e. The molecule has 0 aliphatic heterocycles. The van der Waals surface area contributed by atoms with Gasteiger partial charge in [-0.15, -0.1) is 0 Å². The molecular formula is C21H26N2O5. The van der Waals surface area contributed by atoms with Crippen LogP contribution < -0.4 is 5.32 Å². The summed E-state index contributed by atoms with van der Waals surface area (Å²) in [6, 6.07) is 6.49. The fourth-order valence-corrected chi connectivity index (χ4v) is 2.46. The molecule has 1 unspecified atom stereocenters. The van der Waals surface area contributed by atoms with Gasteiger partial charge in [0.05, 0.1) is 12.1 Å². The van der Waals surface area contributed by atoms with Crippen LogP contribution in [0.4, 0.5) is 5.69 Å². The summed E-state index contributed by atoms with van der Waals surface area (Å²) in [5.74, 6) is -0.403. The summed E-state index contributed by atoms with van der Waals surface area (Å²) < 4.78 is 10.3. The van der Waals surface area contributed by atoms with Crippen LogP contribution in [0, 0.1) is 19.3 Å². The maximum absolute atomic E-state index is 12.5. The van der Waals surface area contributed by atoms with Crippen LogP contribution in [0.1, 0.15) is 55.1 Å². The highest BCUT2D eigenvalue weighted by atomic mass is 16.5. The average Bonchev–Trinajstić information content (AvgIpc) is 2.92. The van der Waals surface area contributed by atoms with E-state index in [0.29, 0.717) is 28.3 Å². The quantitative estimate of drug-likeness (QED) is 0.601. The summed E-state index contributed by atoms with van der Waals surface area (Å²) in [5, 5.41) is 6.59. The number of nitrogens with one attached hydrogen (secondary N) is 1. The van der Waals surface area contributed by atoms with Crippen molar-refractivity contribution in [1.82, 2.24) is 5.16 Å². The van der Waals surface area contributed by atoms with E-state index in [1.165, 1.54) is 6.92 Å². The van der Waals surface area contributed by atoms with Crippen molar-refractivity contribution in [3.63, 3.8) is 0 Å². The number of carbonyl (C=O) groups is 3. The molecule has 0 saturated heterocycles. The zero-order chi connectivity index (χ0) is 21.1. The molecular weight excluding hydrogens is 360 g/mol. The average molecular weight is 386 g/mol. The Morgan fingerprint density at radius 2 is 1.75 bits per heavy atom. The molecule has 0 fully saturated rings. The molecule has 0 aliphatic rings. The number of esters is 1. The first-order valence-electron chi connectivity index (χ1n) is 9.06. The number of ether oxygens (including phenoxy) is 1. The number of carbonyl (C=O) groups excluding carboxylic acids is 3. The summed E-state index contributed by atoms with van der Waals surface area (Å²) in [6.45, 7) is 10.4. The van der Waals surface area contributed by atoms with Crippen molar-refractivity contribution in [2.24, 2.45) is 5.41 Å². The number of hydrogen-bond acceptors (Lipinski definition) is 6. The van der Waals surface area contributed by atoms with E-state index in [2.05, 4.69) is 10.5 Å². The molecule has 150 valence electrons. The van der Waals surface area contributed by atoms with Gasteiger partial charge in [-0.25, -0.2) is 0 Å². The Bertz CT molecular complexity index is 856. The van der Waals surface area contributed by atoms with Crippen molar-refractivity contribution in [2.75, 3.05) is 5.32 Å². The third-order valence-corrected chi connectivity index (χ3v) is 4.29. The van der Waals surface area contributed by atoms with Gasteiger partial charge in [0.15, 0.2) is 6.10 Å². The highest BCUT2D eigenvalue weighted by Crippen LogP contribution is 2.19. The molecule has 1 aromatic carbocycles. The fraction of sp³-hybridized carbons (Fsp3) is 0.429.